The Hall–Kier alpha value is -1.93. The average molecular weight is 230 g/mol. The van der Waals surface area contributed by atoms with Gasteiger partial charge in [0.25, 0.3) is 0 Å². The molecule has 0 amide bonds. The van der Waals surface area contributed by atoms with Crippen LogP contribution in [0.3, 0.4) is 0 Å². The molecule has 0 atom stereocenters. The molecule has 0 bridgehead atoms. The second-order valence-electron chi connectivity index (χ2n) is 3.35. The van der Waals surface area contributed by atoms with Gasteiger partial charge in [-0.05, 0) is 18.4 Å². The lowest BCUT2D eigenvalue weighted by Gasteiger charge is -2.04. The molecule has 0 spiro atoms. The van der Waals surface area contributed by atoms with E-state index >= 15 is 0 Å². The Morgan fingerprint density at radius 1 is 1.50 bits per heavy atom. The van der Waals surface area contributed by atoms with E-state index < -0.39 is 0 Å². The van der Waals surface area contributed by atoms with E-state index in [1.165, 1.54) is 4.88 Å². The molecule has 2 heterocycles. The van der Waals surface area contributed by atoms with E-state index in [9.17, 15) is 0 Å². The minimum Gasteiger partial charge on any atom is -0.382 e. The van der Waals surface area contributed by atoms with E-state index in [1.54, 1.807) is 18.3 Å². The van der Waals surface area contributed by atoms with Gasteiger partial charge in [-0.2, -0.15) is 5.26 Å². The van der Waals surface area contributed by atoms with Crippen molar-refractivity contribution in [3.63, 3.8) is 0 Å². The number of nitrogens with two attached hydrogens (primary N) is 1. The summed E-state index contributed by atoms with van der Waals surface area (Å²) in [4.78, 5) is 9.59. The molecule has 0 saturated heterocycles. The van der Waals surface area contributed by atoms with Gasteiger partial charge < -0.3 is 5.73 Å². The molecule has 16 heavy (non-hydrogen) atoms. The van der Waals surface area contributed by atoms with Crippen molar-refractivity contribution < 1.29 is 0 Å². The lowest BCUT2D eigenvalue weighted by atomic mass is 10.2. The Morgan fingerprint density at radius 2 is 2.31 bits per heavy atom. The molecular formula is C11H10N4S. The molecule has 2 aromatic rings. The topological polar surface area (TPSA) is 75.6 Å². The standard InChI is InChI=1S/C11H10N4S/c1-7-9(6-12)11(13)15-10(14-7)5-8-3-2-4-16-8/h2-4H,5H2,1H3,(H2,13,14,15). The number of anilines is 1. The summed E-state index contributed by atoms with van der Waals surface area (Å²) in [7, 11) is 0. The summed E-state index contributed by atoms with van der Waals surface area (Å²) in [5, 5.41) is 10.8. The van der Waals surface area contributed by atoms with Gasteiger partial charge in [0.2, 0.25) is 0 Å². The molecule has 0 aliphatic carbocycles. The predicted molar refractivity (Wildman–Crippen MR) is 63.0 cm³/mol. The van der Waals surface area contributed by atoms with Crippen LogP contribution in [0.1, 0.15) is 22.0 Å². The normalized spacial score (nSPS) is 10.0. The van der Waals surface area contributed by atoms with Gasteiger partial charge in [-0.25, -0.2) is 9.97 Å². The van der Waals surface area contributed by atoms with Crippen molar-refractivity contribution in [2.75, 3.05) is 5.73 Å². The smallest absolute Gasteiger partial charge is 0.145 e. The van der Waals surface area contributed by atoms with Gasteiger partial charge in [-0.15, -0.1) is 11.3 Å². The Bertz CT molecular complexity index is 517. The Kier molecular flexibility index (Phi) is 2.84. The van der Waals surface area contributed by atoms with Crippen molar-refractivity contribution in [1.29, 1.82) is 5.26 Å². The fourth-order valence-electron chi connectivity index (χ4n) is 1.44. The van der Waals surface area contributed by atoms with Crippen molar-refractivity contribution in [2.45, 2.75) is 13.3 Å². The summed E-state index contributed by atoms with van der Waals surface area (Å²) >= 11 is 1.65. The monoisotopic (exact) mass is 230 g/mol. The third-order valence-corrected chi connectivity index (χ3v) is 3.06. The van der Waals surface area contributed by atoms with E-state index in [-0.39, 0.29) is 5.82 Å². The number of hydrogen-bond donors (Lipinski definition) is 1. The highest BCUT2D eigenvalue weighted by Gasteiger charge is 2.09. The van der Waals surface area contributed by atoms with Gasteiger partial charge >= 0.3 is 0 Å². The van der Waals surface area contributed by atoms with Crippen molar-refractivity contribution in [2.24, 2.45) is 0 Å². The zero-order chi connectivity index (χ0) is 11.5. The molecule has 2 N–H and O–H groups in total. The Morgan fingerprint density at radius 3 is 2.88 bits per heavy atom. The number of nitriles is 1. The summed E-state index contributed by atoms with van der Waals surface area (Å²) in [5.41, 5.74) is 6.70. The highest BCUT2D eigenvalue weighted by atomic mass is 32.1. The summed E-state index contributed by atoms with van der Waals surface area (Å²) in [5.74, 6) is 0.929. The molecule has 0 aromatic carbocycles. The molecule has 0 saturated carbocycles. The highest BCUT2D eigenvalue weighted by Crippen LogP contribution is 2.16. The molecule has 0 unspecified atom stereocenters. The van der Waals surface area contributed by atoms with Crippen LogP contribution in [0.2, 0.25) is 0 Å². The number of rotatable bonds is 2. The number of aryl methyl sites for hydroxylation is 1. The van der Waals surface area contributed by atoms with E-state index in [0.717, 1.165) is 0 Å². The van der Waals surface area contributed by atoms with Crippen LogP contribution in [0.5, 0.6) is 0 Å². The first-order valence-corrected chi connectivity index (χ1v) is 5.64. The van der Waals surface area contributed by atoms with Crippen LogP contribution in [0.4, 0.5) is 5.82 Å². The Labute approximate surface area is 97.4 Å². The van der Waals surface area contributed by atoms with E-state index in [1.807, 2.05) is 23.6 Å². The quantitative estimate of drug-likeness (QED) is 0.854. The van der Waals surface area contributed by atoms with Crippen LogP contribution in [0.15, 0.2) is 17.5 Å². The molecule has 4 nitrogen and oxygen atoms in total. The van der Waals surface area contributed by atoms with Crippen LogP contribution in [0.25, 0.3) is 0 Å². The minimum absolute atomic E-state index is 0.265. The average Bonchev–Trinajstić information content (AvgIpc) is 2.70. The maximum Gasteiger partial charge on any atom is 0.145 e. The molecule has 5 heteroatoms. The molecule has 0 aliphatic rings. The van der Waals surface area contributed by atoms with E-state index in [2.05, 4.69) is 9.97 Å². The lowest BCUT2D eigenvalue weighted by Crippen LogP contribution is -2.05. The largest absolute Gasteiger partial charge is 0.382 e. The second kappa shape index (κ2) is 4.29. The molecule has 2 rings (SSSR count). The summed E-state index contributed by atoms with van der Waals surface area (Å²) in [6, 6.07) is 6.01. The maximum atomic E-state index is 8.84. The van der Waals surface area contributed by atoms with Crippen LogP contribution in [-0.2, 0) is 6.42 Å². The number of nitrogen functional groups attached to an aromatic ring is 1. The number of thiophene rings is 1. The number of hydrogen-bond acceptors (Lipinski definition) is 5. The van der Waals surface area contributed by atoms with Gasteiger partial charge in [-0.3, -0.25) is 0 Å². The van der Waals surface area contributed by atoms with Gasteiger partial charge in [0, 0.05) is 11.3 Å². The first kappa shape index (κ1) is 10.6. The molecule has 0 radical (unpaired) electrons. The number of nitrogens with zero attached hydrogens (tertiary/aromatic N) is 3. The second-order valence-corrected chi connectivity index (χ2v) is 4.39. The van der Waals surface area contributed by atoms with E-state index in [4.69, 9.17) is 11.0 Å². The molecule has 0 aliphatic heterocycles. The molecule has 2 aromatic heterocycles. The van der Waals surface area contributed by atoms with Crippen molar-refractivity contribution in [1.82, 2.24) is 9.97 Å². The fraction of sp³-hybridized carbons (Fsp3) is 0.182. The van der Waals surface area contributed by atoms with Crippen LogP contribution in [-0.4, -0.2) is 9.97 Å². The van der Waals surface area contributed by atoms with Crippen LogP contribution < -0.4 is 5.73 Å². The van der Waals surface area contributed by atoms with Gasteiger partial charge in [0.1, 0.15) is 23.3 Å². The lowest BCUT2D eigenvalue weighted by molar-refractivity contribution is 0.952. The zero-order valence-electron chi connectivity index (χ0n) is 8.77. The zero-order valence-corrected chi connectivity index (χ0v) is 9.58. The summed E-state index contributed by atoms with van der Waals surface area (Å²) in [6.07, 6.45) is 0.661. The van der Waals surface area contributed by atoms with Gasteiger partial charge in [0.15, 0.2) is 0 Å². The van der Waals surface area contributed by atoms with E-state index in [0.29, 0.717) is 23.5 Å². The third-order valence-electron chi connectivity index (χ3n) is 2.19. The SMILES string of the molecule is Cc1nc(Cc2cccs2)nc(N)c1C#N. The van der Waals surface area contributed by atoms with Gasteiger partial charge in [0.05, 0.1) is 5.69 Å². The van der Waals surface area contributed by atoms with Crippen LogP contribution in [0, 0.1) is 18.3 Å². The molecule has 80 valence electrons. The predicted octanol–water partition coefficient (Wildman–Crippen LogP) is 1.89. The number of aromatic nitrogens is 2. The van der Waals surface area contributed by atoms with Crippen LogP contribution >= 0.6 is 11.3 Å². The highest BCUT2D eigenvalue weighted by molar-refractivity contribution is 7.09. The first-order chi connectivity index (χ1) is 7.70. The maximum absolute atomic E-state index is 8.84. The van der Waals surface area contributed by atoms with Gasteiger partial charge in [-0.1, -0.05) is 6.07 Å². The van der Waals surface area contributed by atoms with Crippen molar-refractivity contribution >= 4 is 17.2 Å². The molecule has 0 fully saturated rings. The summed E-state index contributed by atoms with van der Waals surface area (Å²) < 4.78 is 0. The fourth-order valence-corrected chi connectivity index (χ4v) is 2.14. The Balaban J connectivity index is 2.34. The first-order valence-electron chi connectivity index (χ1n) is 4.76. The van der Waals surface area contributed by atoms with Crippen molar-refractivity contribution in [3.8, 4) is 6.07 Å². The third kappa shape index (κ3) is 2.02. The molecular weight excluding hydrogens is 220 g/mol. The minimum atomic E-state index is 0.265. The van der Waals surface area contributed by atoms with Crippen molar-refractivity contribution in [3.05, 3.63) is 39.5 Å². The summed E-state index contributed by atoms with van der Waals surface area (Å²) in [6.45, 7) is 1.77.